The number of hydrogen-bond acceptors (Lipinski definition) is 3. The van der Waals surface area contributed by atoms with Gasteiger partial charge in [0.25, 0.3) is 0 Å². The summed E-state index contributed by atoms with van der Waals surface area (Å²) in [7, 11) is -3.71. The third-order valence-corrected chi connectivity index (χ3v) is 4.50. The zero-order valence-electron chi connectivity index (χ0n) is 11.6. The van der Waals surface area contributed by atoms with E-state index in [0.717, 1.165) is 0 Å². The molecule has 2 rings (SSSR count). The maximum atomic E-state index is 12.1. The molecule has 0 atom stereocenters. The quantitative estimate of drug-likeness (QED) is 0.797. The Morgan fingerprint density at radius 1 is 1.33 bits per heavy atom. The average Bonchev–Trinajstić information content (AvgIpc) is 3.07. The van der Waals surface area contributed by atoms with Crippen molar-refractivity contribution in [1.29, 1.82) is 0 Å². The van der Waals surface area contributed by atoms with E-state index in [0.29, 0.717) is 13.1 Å². The topological polar surface area (TPSA) is 93.3 Å². The van der Waals surface area contributed by atoms with Crippen molar-refractivity contribution in [2.45, 2.75) is 24.9 Å². The lowest BCUT2D eigenvalue weighted by Gasteiger charge is -2.05. The summed E-state index contributed by atoms with van der Waals surface area (Å²) in [6.45, 7) is 2.88. The van der Waals surface area contributed by atoms with Gasteiger partial charge in [0.15, 0.2) is 0 Å². The molecule has 0 aliphatic carbocycles. The first-order valence-electron chi connectivity index (χ1n) is 6.48. The van der Waals surface area contributed by atoms with Gasteiger partial charge in [-0.05, 0) is 25.1 Å². The monoisotopic (exact) mass is 311 g/mol. The van der Waals surface area contributed by atoms with Crippen LogP contribution in [0.5, 0.6) is 0 Å². The highest BCUT2D eigenvalue weighted by atomic mass is 32.2. The van der Waals surface area contributed by atoms with Crippen LogP contribution in [0.25, 0.3) is 0 Å². The molecule has 0 aliphatic heterocycles. The summed E-state index contributed by atoms with van der Waals surface area (Å²) < 4.78 is 30.0. The van der Waals surface area contributed by atoms with Gasteiger partial charge in [-0.25, -0.2) is 17.9 Å². The number of carbonyl (C=O) groups is 1. The maximum absolute atomic E-state index is 12.1. The summed E-state index contributed by atoms with van der Waals surface area (Å²) in [5.41, 5.74) is -0.0386. The first kappa shape index (κ1) is 15.3. The molecule has 0 aromatic carbocycles. The van der Waals surface area contributed by atoms with Crippen LogP contribution in [0.15, 0.2) is 41.7 Å². The van der Waals surface area contributed by atoms with Crippen LogP contribution in [0.4, 0.5) is 0 Å². The summed E-state index contributed by atoms with van der Waals surface area (Å²) in [6, 6.07) is 4.88. The molecule has 114 valence electrons. The molecule has 0 saturated heterocycles. The molecule has 0 aliphatic rings. The van der Waals surface area contributed by atoms with E-state index in [-0.39, 0.29) is 17.1 Å². The number of hydrogen-bond donors (Lipinski definition) is 2. The Morgan fingerprint density at radius 3 is 2.52 bits per heavy atom. The van der Waals surface area contributed by atoms with E-state index >= 15 is 0 Å². The fraction of sp³-hybridized carbons (Fsp3) is 0.308. The van der Waals surface area contributed by atoms with Crippen LogP contribution in [0, 0.1) is 0 Å². The minimum Gasteiger partial charge on any atom is -0.477 e. The maximum Gasteiger partial charge on any atom is 0.352 e. The Labute approximate surface area is 122 Å². The zero-order chi connectivity index (χ0) is 15.5. The van der Waals surface area contributed by atoms with Gasteiger partial charge in [-0.2, -0.15) is 0 Å². The van der Waals surface area contributed by atoms with Gasteiger partial charge in [0.05, 0.1) is 0 Å². The van der Waals surface area contributed by atoms with Gasteiger partial charge in [-0.1, -0.05) is 0 Å². The second-order valence-electron chi connectivity index (χ2n) is 4.47. The van der Waals surface area contributed by atoms with Crippen LogP contribution in [-0.2, 0) is 23.1 Å². The fourth-order valence-electron chi connectivity index (χ4n) is 1.98. The highest BCUT2D eigenvalue weighted by molar-refractivity contribution is 7.89. The van der Waals surface area contributed by atoms with Crippen LogP contribution in [0.1, 0.15) is 17.4 Å². The summed E-state index contributed by atoms with van der Waals surface area (Å²) in [4.78, 5) is 11.0. The Hall–Kier alpha value is -2.06. The van der Waals surface area contributed by atoms with Crippen molar-refractivity contribution in [2.75, 3.05) is 6.54 Å². The third kappa shape index (κ3) is 3.53. The first-order valence-corrected chi connectivity index (χ1v) is 7.96. The molecule has 0 saturated carbocycles. The summed E-state index contributed by atoms with van der Waals surface area (Å²) in [5, 5.41) is 9.04. The van der Waals surface area contributed by atoms with Crippen LogP contribution in [0.3, 0.4) is 0 Å². The highest BCUT2D eigenvalue weighted by Gasteiger charge is 2.20. The molecule has 0 bridgehead atoms. The summed E-state index contributed by atoms with van der Waals surface area (Å²) in [5.74, 6) is -1.15. The van der Waals surface area contributed by atoms with E-state index in [2.05, 4.69) is 4.72 Å². The van der Waals surface area contributed by atoms with Crippen LogP contribution < -0.4 is 4.72 Å². The molecular weight excluding hydrogens is 294 g/mol. The van der Waals surface area contributed by atoms with Crippen LogP contribution in [-0.4, -0.2) is 35.2 Å². The SMILES string of the molecule is CCn1cc(S(=O)(=O)NCCn2cccc2)cc1C(=O)O. The van der Waals surface area contributed by atoms with E-state index in [9.17, 15) is 13.2 Å². The lowest BCUT2D eigenvalue weighted by molar-refractivity contribution is 0.0685. The second kappa shape index (κ2) is 6.15. The predicted molar refractivity (Wildman–Crippen MR) is 76.7 cm³/mol. The van der Waals surface area contributed by atoms with Gasteiger partial charge < -0.3 is 14.2 Å². The molecule has 21 heavy (non-hydrogen) atoms. The molecule has 0 radical (unpaired) electrons. The molecular formula is C13H17N3O4S. The average molecular weight is 311 g/mol. The number of nitrogens with zero attached hydrogens (tertiary/aromatic N) is 2. The van der Waals surface area contributed by atoms with E-state index in [1.807, 2.05) is 29.1 Å². The lowest BCUT2D eigenvalue weighted by atomic mass is 10.4. The van der Waals surface area contributed by atoms with Crippen molar-refractivity contribution in [3.63, 3.8) is 0 Å². The molecule has 0 unspecified atom stereocenters. The Bertz CT molecular complexity index is 717. The third-order valence-electron chi connectivity index (χ3n) is 3.07. The predicted octanol–water partition coefficient (Wildman–Crippen LogP) is 0.986. The van der Waals surface area contributed by atoms with Crippen molar-refractivity contribution in [1.82, 2.24) is 13.9 Å². The molecule has 0 fully saturated rings. The van der Waals surface area contributed by atoms with Crippen LogP contribution in [0.2, 0.25) is 0 Å². The minimum absolute atomic E-state index is 0.0331. The number of aromatic nitrogens is 2. The molecule has 0 amide bonds. The second-order valence-corrected chi connectivity index (χ2v) is 6.24. The largest absolute Gasteiger partial charge is 0.477 e. The number of rotatable bonds is 7. The standard InChI is InChI=1S/C13H17N3O4S/c1-2-16-10-11(9-12(16)13(17)18)21(19,20)14-5-8-15-6-3-4-7-15/h3-4,6-7,9-10,14H,2,5,8H2,1H3,(H,17,18). The van der Waals surface area contributed by atoms with Gasteiger partial charge in [0, 0.05) is 38.2 Å². The van der Waals surface area contributed by atoms with Crippen molar-refractivity contribution in [3.05, 3.63) is 42.5 Å². The Balaban J connectivity index is 2.10. The summed E-state index contributed by atoms with van der Waals surface area (Å²) in [6.07, 6.45) is 5.01. The number of carboxylic acids is 1. The fourth-order valence-corrected chi connectivity index (χ4v) is 3.04. The minimum atomic E-state index is -3.71. The van der Waals surface area contributed by atoms with Gasteiger partial charge >= 0.3 is 5.97 Å². The smallest absolute Gasteiger partial charge is 0.352 e. The number of aromatic carboxylic acids is 1. The molecule has 8 heteroatoms. The number of aryl methyl sites for hydroxylation is 1. The van der Waals surface area contributed by atoms with Gasteiger partial charge in [-0.15, -0.1) is 0 Å². The zero-order valence-corrected chi connectivity index (χ0v) is 12.4. The molecule has 2 heterocycles. The lowest BCUT2D eigenvalue weighted by Crippen LogP contribution is -2.27. The molecule has 2 aromatic heterocycles. The van der Waals surface area contributed by atoms with Gasteiger partial charge in [0.2, 0.25) is 10.0 Å². The summed E-state index contributed by atoms with van der Waals surface area (Å²) >= 11 is 0. The normalized spacial score (nSPS) is 11.7. The molecule has 2 aromatic rings. The van der Waals surface area contributed by atoms with Crippen LogP contribution >= 0.6 is 0 Å². The molecule has 7 nitrogen and oxygen atoms in total. The number of carboxylic acid groups (broad SMARTS) is 1. The van der Waals surface area contributed by atoms with Crippen molar-refractivity contribution < 1.29 is 18.3 Å². The van der Waals surface area contributed by atoms with Gasteiger partial charge in [-0.3, -0.25) is 0 Å². The first-order chi connectivity index (χ1) is 9.94. The van der Waals surface area contributed by atoms with E-state index in [1.165, 1.54) is 16.8 Å². The molecule has 0 spiro atoms. The molecule has 2 N–H and O–H groups in total. The van der Waals surface area contributed by atoms with Gasteiger partial charge in [0.1, 0.15) is 10.6 Å². The van der Waals surface area contributed by atoms with E-state index in [4.69, 9.17) is 5.11 Å². The number of sulfonamides is 1. The number of nitrogens with one attached hydrogen (secondary N) is 1. The van der Waals surface area contributed by atoms with Crippen molar-refractivity contribution in [2.24, 2.45) is 0 Å². The van der Waals surface area contributed by atoms with E-state index < -0.39 is 16.0 Å². The Morgan fingerprint density at radius 2 is 2.00 bits per heavy atom. The van der Waals surface area contributed by atoms with E-state index in [1.54, 1.807) is 6.92 Å². The van der Waals surface area contributed by atoms with Crippen molar-refractivity contribution >= 4 is 16.0 Å². The Kier molecular flexibility index (Phi) is 4.49. The highest BCUT2D eigenvalue weighted by Crippen LogP contribution is 2.14. The van der Waals surface area contributed by atoms with Crippen molar-refractivity contribution in [3.8, 4) is 0 Å².